The molecule has 0 saturated heterocycles. The topological polar surface area (TPSA) is 46.5 Å². The second kappa shape index (κ2) is 7.48. The predicted octanol–water partition coefficient (Wildman–Crippen LogP) is 4.47. The van der Waals surface area contributed by atoms with Crippen molar-refractivity contribution in [3.63, 3.8) is 0 Å². The standard InChI is InChI=1S/C18H26O3/c1-3-7-13-10-11-15(18(19)20)16(12-13)14-8-5-6-9-17(14)21-4-2/h5-6,8-9,13,15-16H,3-4,7,10-12H2,1-2H3,(H,19,20). The molecular formula is C18H26O3. The van der Waals surface area contributed by atoms with Crippen molar-refractivity contribution in [3.05, 3.63) is 29.8 Å². The van der Waals surface area contributed by atoms with Crippen molar-refractivity contribution in [1.29, 1.82) is 0 Å². The van der Waals surface area contributed by atoms with E-state index in [1.807, 2.05) is 31.2 Å². The minimum Gasteiger partial charge on any atom is -0.494 e. The quantitative estimate of drug-likeness (QED) is 0.840. The van der Waals surface area contributed by atoms with Gasteiger partial charge < -0.3 is 9.84 Å². The Hall–Kier alpha value is -1.51. The summed E-state index contributed by atoms with van der Waals surface area (Å²) in [5, 5.41) is 9.57. The van der Waals surface area contributed by atoms with Gasteiger partial charge in [0.05, 0.1) is 12.5 Å². The maximum Gasteiger partial charge on any atom is 0.307 e. The zero-order chi connectivity index (χ0) is 15.2. The Labute approximate surface area is 127 Å². The molecule has 1 N–H and O–H groups in total. The van der Waals surface area contributed by atoms with Gasteiger partial charge in [-0.1, -0.05) is 38.0 Å². The number of benzene rings is 1. The summed E-state index contributed by atoms with van der Waals surface area (Å²) >= 11 is 0. The van der Waals surface area contributed by atoms with Crippen molar-refractivity contribution in [1.82, 2.24) is 0 Å². The molecule has 21 heavy (non-hydrogen) atoms. The zero-order valence-electron chi connectivity index (χ0n) is 13.0. The lowest BCUT2D eigenvalue weighted by molar-refractivity contribution is -0.143. The second-order valence-electron chi connectivity index (χ2n) is 5.99. The lowest BCUT2D eigenvalue weighted by atomic mass is 9.70. The van der Waals surface area contributed by atoms with Gasteiger partial charge in [-0.15, -0.1) is 0 Å². The normalized spacial score (nSPS) is 25.5. The highest BCUT2D eigenvalue weighted by Crippen LogP contribution is 2.44. The molecule has 2 rings (SSSR count). The Morgan fingerprint density at radius 3 is 2.71 bits per heavy atom. The molecule has 1 aliphatic carbocycles. The van der Waals surface area contributed by atoms with Crippen LogP contribution in [0.4, 0.5) is 0 Å². The van der Waals surface area contributed by atoms with E-state index in [-0.39, 0.29) is 11.8 Å². The van der Waals surface area contributed by atoms with Gasteiger partial charge in [-0.25, -0.2) is 0 Å². The SMILES string of the molecule is CCCC1CCC(C(=O)O)C(c2ccccc2OCC)C1. The summed E-state index contributed by atoms with van der Waals surface area (Å²) in [7, 11) is 0. The first-order chi connectivity index (χ1) is 10.2. The van der Waals surface area contributed by atoms with E-state index in [9.17, 15) is 9.90 Å². The van der Waals surface area contributed by atoms with Crippen LogP contribution in [0.5, 0.6) is 5.75 Å². The number of ether oxygens (including phenoxy) is 1. The molecule has 1 aliphatic rings. The van der Waals surface area contributed by atoms with Crippen molar-refractivity contribution in [3.8, 4) is 5.75 Å². The number of carbonyl (C=O) groups is 1. The summed E-state index contributed by atoms with van der Waals surface area (Å²) in [5.41, 5.74) is 1.08. The molecule has 0 heterocycles. The van der Waals surface area contributed by atoms with Gasteiger partial charge in [-0.05, 0) is 43.7 Å². The first kappa shape index (κ1) is 15.9. The highest BCUT2D eigenvalue weighted by atomic mass is 16.5. The van der Waals surface area contributed by atoms with Crippen molar-refractivity contribution >= 4 is 5.97 Å². The number of para-hydroxylation sites is 1. The van der Waals surface area contributed by atoms with Crippen LogP contribution in [0.1, 0.15) is 57.4 Å². The fourth-order valence-electron chi connectivity index (χ4n) is 3.64. The van der Waals surface area contributed by atoms with Crippen molar-refractivity contribution in [2.24, 2.45) is 11.8 Å². The number of carboxylic acid groups (broad SMARTS) is 1. The van der Waals surface area contributed by atoms with Crippen LogP contribution in [0.25, 0.3) is 0 Å². The van der Waals surface area contributed by atoms with E-state index in [0.717, 1.165) is 30.6 Å². The molecule has 0 aromatic heterocycles. The number of hydrogen-bond acceptors (Lipinski definition) is 2. The molecule has 1 saturated carbocycles. The molecule has 0 radical (unpaired) electrons. The third kappa shape index (κ3) is 3.78. The van der Waals surface area contributed by atoms with Gasteiger partial charge in [0.2, 0.25) is 0 Å². The summed E-state index contributed by atoms with van der Waals surface area (Å²) in [6.45, 7) is 4.78. The predicted molar refractivity (Wildman–Crippen MR) is 83.7 cm³/mol. The van der Waals surface area contributed by atoms with Crippen LogP contribution in [0.2, 0.25) is 0 Å². The average Bonchev–Trinajstić information content (AvgIpc) is 2.48. The van der Waals surface area contributed by atoms with E-state index in [4.69, 9.17) is 4.74 Å². The molecule has 1 aromatic rings. The van der Waals surface area contributed by atoms with Gasteiger partial charge in [0.1, 0.15) is 5.75 Å². The largest absolute Gasteiger partial charge is 0.494 e. The van der Waals surface area contributed by atoms with Crippen LogP contribution in [0.15, 0.2) is 24.3 Å². The summed E-state index contributed by atoms with van der Waals surface area (Å²) in [4.78, 5) is 11.6. The fourth-order valence-corrected chi connectivity index (χ4v) is 3.64. The Bertz CT molecular complexity index is 469. The van der Waals surface area contributed by atoms with E-state index in [0.29, 0.717) is 12.5 Å². The first-order valence-corrected chi connectivity index (χ1v) is 8.11. The van der Waals surface area contributed by atoms with Crippen LogP contribution in [-0.2, 0) is 4.79 Å². The van der Waals surface area contributed by atoms with Gasteiger partial charge >= 0.3 is 5.97 Å². The van der Waals surface area contributed by atoms with Gasteiger partial charge in [0.15, 0.2) is 0 Å². The first-order valence-electron chi connectivity index (χ1n) is 8.11. The molecule has 3 nitrogen and oxygen atoms in total. The van der Waals surface area contributed by atoms with E-state index in [1.165, 1.54) is 12.8 Å². The minimum atomic E-state index is -0.666. The van der Waals surface area contributed by atoms with Crippen molar-refractivity contribution in [2.45, 2.75) is 51.9 Å². The van der Waals surface area contributed by atoms with E-state index in [2.05, 4.69) is 6.92 Å². The molecule has 0 aliphatic heterocycles. The highest BCUT2D eigenvalue weighted by molar-refractivity contribution is 5.72. The maximum absolute atomic E-state index is 11.6. The van der Waals surface area contributed by atoms with Crippen LogP contribution < -0.4 is 4.74 Å². The molecule has 1 aromatic carbocycles. The highest BCUT2D eigenvalue weighted by Gasteiger charge is 2.36. The fraction of sp³-hybridized carbons (Fsp3) is 0.611. The summed E-state index contributed by atoms with van der Waals surface area (Å²) < 4.78 is 5.72. The zero-order valence-corrected chi connectivity index (χ0v) is 13.0. The molecule has 3 atom stereocenters. The maximum atomic E-state index is 11.6. The van der Waals surface area contributed by atoms with Gasteiger partial charge in [0, 0.05) is 5.92 Å². The number of rotatable bonds is 6. The smallest absolute Gasteiger partial charge is 0.307 e. The number of aliphatic carboxylic acids is 1. The monoisotopic (exact) mass is 290 g/mol. The van der Waals surface area contributed by atoms with Crippen LogP contribution in [-0.4, -0.2) is 17.7 Å². The Kier molecular flexibility index (Phi) is 5.66. The Balaban J connectivity index is 2.28. The molecule has 0 spiro atoms. The molecular weight excluding hydrogens is 264 g/mol. The van der Waals surface area contributed by atoms with Crippen molar-refractivity contribution in [2.75, 3.05) is 6.61 Å². The van der Waals surface area contributed by atoms with Gasteiger partial charge in [-0.2, -0.15) is 0 Å². The number of carboxylic acids is 1. The van der Waals surface area contributed by atoms with Crippen LogP contribution in [0.3, 0.4) is 0 Å². The second-order valence-corrected chi connectivity index (χ2v) is 5.99. The molecule has 3 unspecified atom stereocenters. The van der Waals surface area contributed by atoms with Crippen LogP contribution in [0, 0.1) is 11.8 Å². The summed E-state index contributed by atoms with van der Waals surface area (Å²) in [5.74, 6) is 0.634. The lowest BCUT2D eigenvalue weighted by Gasteiger charge is -2.35. The summed E-state index contributed by atoms with van der Waals surface area (Å²) in [6, 6.07) is 7.94. The third-order valence-electron chi connectivity index (χ3n) is 4.59. The van der Waals surface area contributed by atoms with E-state index in [1.54, 1.807) is 0 Å². The third-order valence-corrected chi connectivity index (χ3v) is 4.59. The Morgan fingerprint density at radius 1 is 1.29 bits per heavy atom. The molecule has 0 amide bonds. The van der Waals surface area contributed by atoms with E-state index < -0.39 is 5.97 Å². The molecule has 116 valence electrons. The van der Waals surface area contributed by atoms with E-state index >= 15 is 0 Å². The molecule has 0 bridgehead atoms. The Morgan fingerprint density at radius 2 is 2.05 bits per heavy atom. The average molecular weight is 290 g/mol. The van der Waals surface area contributed by atoms with Crippen molar-refractivity contribution < 1.29 is 14.6 Å². The van der Waals surface area contributed by atoms with Gasteiger partial charge in [-0.3, -0.25) is 4.79 Å². The molecule has 3 heteroatoms. The number of hydrogen-bond donors (Lipinski definition) is 1. The lowest BCUT2D eigenvalue weighted by Crippen LogP contribution is -2.29. The minimum absolute atomic E-state index is 0.0792. The summed E-state index contributed by atoms with van der Waals surface area (Å²) in [6.07, 6.45) is 5.15. The van der Waals surface area contributed by atoms with Crippen LogP contribution >= 0.6 is 0 Å². The van der Waals surface area contributed by atoms with Gasteiger partial charge in [0.25, 0.3) is 0 Å². The molecule has 1 fully saturated rings.